The minimum Gasteiger partial charge on any atom is -0.489 e. The van der Waals surface area contributed by atoms with Crippen molar-refractivity contribution in [1.29, 1.82) is 0 Å². The predicted molar refractivity (Wildman–Crippen MR) is 82.6 cm³/mol. The third kappa shape index (κ3) is 3.55. The fourth-order valence-electron chi connectivity index (χ4n) is 1.79. The molecule has 0 aliphatic rings. The molecular formula is C16H17NOS. The molecule has 0 saturated carbocycles. The number of nitrogens with two attached hydrogens (primary N) is 1. The Balaban J connectivity index is 2.06. The van der Waals surface area contributed by atoms with E-state index in [1.807, 2.05) is 31.2 Å². The largest absolute Gasteiger partial charge is 0.489 e. The molecule has 19 heavy (non-hydrogen) atoms. The lowest BCUT2D eigenvalue weighted by atomic mass is 10.1. The second-order valence-electron chi connectivity index (χ2n) is 4.62. The number of thiocarbonyl (C=S) groups is 1. The highest BCUT2D eigenvalue weighted by atomic mass is 32.1. The molecule has 2 aromatic rings. The number of rotatable bonds is 4. The first-order valence-corrected chi connectivity index (χ1v) is 6.56. The van der Waals surface area contributed by atoms with Crippen molar-refractivity contribution in [1.82, 2.24) is 0 Å². The summed E-state index contributed by atoms with van der Waals surface area (Å²) >= 11 is 4.92. The van der Waals surface area contributed by atoms with Crippen LogP contribution in [0, 0.1) is 13.8 Å². The van der Waals surface area contributed by atoms with Gasteiger partial charge in [-0.3, -0.25) is 0 Å². The fourth-order valence-corrected chi connectivity index (χ4v) is 1.93. The first kappa shape index (κ1) is 13.6. The molecular weight excluding hydrogens is 254 g/mol. The molecule has 2 N–H and O–H groups in total. The van der Waals surface area contributed by atoms with Crippen molar-refractivity contribution in [3.63, 3.8) is 0 Å². The molecule has 3 heteroatoms. The number of aryl methyl sites for hydroxylation is 2. The Morgan fingerprint density at radius 2 is 1.79 bits per heavy atom. The summed E-state index contributed by atoms with van der Waals surface area (Å²) in [5, 5.41) is 0. The van der Waals surface area contributed by atoms with E-state index >= 15 is 0 Å². The van der Waals surface area contributed by atoms with Crippen LogP contribution in [0.1, 0.15) is 22.3 Å². The maximum Gasteiger partial charge on any atom is 0.122 e. The molecule has 0 saturated heterocycles. The highest BCUT2D eigenvalue weighted by molar-refractivity contribution is 7.80. The van der Waals surface area contributed by atoms with Gasteiger partial charge in [-0.2, -0.15) is 0 Å². The molecule has 2 nitrogen and oxygen atoms in total. The Bertz CT molecular complexity index is 590. The van der Waals surface area contributed by atoms with E-state index < -0.39 is 0 Å². The Hall–Kier alpha value is -1.87. The van der Waals surface area contributed by atoms with Gasteiger partial charge in [0.15, 0.2) is 0 Å². The topological polar surface area (TPSA) is 35.2 Å². The van der Waals surface area contributed by atoms with Crippen molar-refractivity contribution in [2.75, 3.05) is 0 Å². The molecule has 0 aliphatic heterocycles. The predicted octanol–water partition coefficient (Wildman–Crippen LogP) is 3.52. The number of hydrogen-bond donors (Lipinski definition) is 1. The lowest BCUT2D eigenvalue weighted by Crippen LogP contribution is -2.09. The summed E-state index contributed by atoms with van der Waals surface area (Å²) < 4.78 is 5.84. The molecule has 0 unspecified atom stereocenters. The van der Waals surface area contributed by atoms with Crippen LogP contribution in [-0.4, -0.2) is 4.99 Å². The third-order valence-electron chi connectivity index (χ3n) is 2.98. The quantitative estimate of drug-likeness (QED) is 0.864. The van der Waals surface area contributed by atoms with Gasteiger partial charge < -0.3 is 10.5 Å². The van der Waals surface area contributed by atoms with E-state index in [2.05, 4.69) is 25.1 Å². The molecule has 2 rings (SSSR count). The lowest BCUT2D eigenvalue weighted by molar-refractivity contribution is 0.304. The van der Waals surface area contributed by atoms with Crippen molar-refractivity contribution in [3.05, 3.63) is 64.7 Å². The number of benzene rings is 2. The third-order valence-corrected chi connectivity index (χ3v) is 3.21. The first-order chi connectivity index (χ1) is 9.06. The van der Waals surface area contributed by atoms with Crippen LogP contribution < -0.4 is 10.5 Å². The molecule has 0 aromatic heterocycles. The smallest absolute Gasteiger partial charge is 0.122 e. The van der Waals surface area contributed by atoms with Gasteiger partial charge in [-0.1, -0.05) is 48.6 Å². The van der Waals surface area contributed by atoms with Crippen LogP contribution in [0.15, 0.2) is 42.5 Å². The summed E-state index contributed by atoms with van der Waals surface area (Å²) in [5.41, 5.74) is 9.89. The Morgan fingerprint density at radius 1 is 1.11 bits per heavy atom. The first-order valence-electron chi connectivity index (χ1n) is 6.15. The van der Waals surface area contributed by atoms with Crippen LogP contribution in [0.5, 0.6) is 5.75 Å². The summed E-state index contributed by atoms with van der Waals surface area (Å²) in [4.78, 5) is 0.419. The van der Waals surface area contributed by atoms with Gasteiger partial charge in [0.05, 0.1) is 0 Å². The molecule has 0 atom stereocenters. The van der Waals surface area contributed by atoms with Gasteiger partial charge in [-0.15, -0.1) is 0 Å². The van der Waals surface area contributed by atoms with Crippen molar-refractivity contribution >= 4 is 17.2 Å². The van der Waals surface area contributed by atoms with Crippen LogP contribution in [-0.2, 0) is 6.61 Å². The van der Waals surface area contributed by atoms with Crippen LogP contribution >= 0.6 is 12.2 Å². The van der Waals surface area contributed by atoms with Crippen LogP contribution in [0.2, 0.25) is 0 Å². The minimum atomic E-state index is 0.419. The minimum absolute atomic E-state index is 0.419. The van der Waals surface area contributed by atoms with Gasteiger partial charge in [0.1, 0.15) is 17.3 Å². The van der Waals surface area contributed by atoms with Crippen molar-refractivity contribution in [3.8, 4) is 5.75 Å². The highest BCUT2D eigenvalue weighted by Gasteiger charge is 2.01. The second kappa shape index (κ2) is 5.85. The second-order valence-corrected chi connectivity index (χ2v) is 5.06. The van der Waals surface area contributed by atoms with Gasteiger partial charge >= 0.3 is 0 Å². The summed E-state index contributed by atoms with van der Waals surface area (Å²) in [6, 6.07) is 14.0. The normalized spacial score (nSPS) is 10.2. The number of hydrogen-bond acceptors (Lipinski definition) is 2. The van der Waals surface area contributed by atoms with Crippen LogP contribution in [0.3, 0.4) is 0 Å². The maximum absolute atomic E-state index is 5.84. The molecule has 0 radical (unpaired) electrons. The molecule has 0 heterocycles. The summed E-state index contributed by atoms with van der Waals surface area (Å²) in [6.45, 7) is 4.65. The fraction of sp³-hybridized carbons (Fsp3) is 0.188. The molecule has 0 amide bonds. The Kier molecular flexibility index (Phi) is 4.17. The monoisotopic (exact) mass is 271 g/mol. The summed E-state index contributed by atoms with van der Waals surface area (Å²) in [7, 11) is 0. The van der Waals surface area contributed by atoms with E-state index in [1.54, 1.807) is 0 Å². The van der Waals surface area contributed by atoms with E-state index in [9.17, 15) is 0 Å². The summed E-state index contributed by atoms with van der Waals surface area (Å²) in [5.74, 6) is 0.929. The lowest BCUT2D eigenvalue weighted by Gasteiger charge is -2.10. The SMILES string of the molecule is Cc1ccc(C)c(OCc2ccc(C(N)=S)cc2)c1. The average Bonchev–Trinajstić information content (AvgIpc) is 2.40. The standard InChI is InChI=1S/C16H17NOS/c1-11-3-4-12(2)15(9-11)18-10-13-5-7-14(8-6-13)16(17)19/h3-9H,10H2,1-2H3,(H2,17,19). The molecule has 0 fully saturated rings. The average molecular weight is 271 g/mol. The van der Waals surface area contributed by atoms with Gasteiger partial charge in [-0.25, -0.2) is 0 Å². The van der Waals surface area contributed by atoms with E-state index in [-0.39, 0.29) is 0 Å². The molecule has 2 aromatic carbocycles. The molecule has 98 valence electrons. The zero-order chi connectivity index (χ0) is 13.8. The zero-order valence-corrected chi connectivity index (χ0v) is 12.0. The van der Waals surface area contributed by atoms with E-state index in [4.69, 9.17) is 22.7 Å². The zero-order valence-electron chi connectivity index (χ0n) is 11.1. The van der Waals surface area contributed by atoms with E-state index in [0.29, 0.717) is 11.6 Å². The van der Waals surface area contributed by atoms with Crippen molar-refractivity contribution < 1.29 is 4.74 Å². The van der Waals surface area contributed by atoms with E-state index in [0.717, 1.165) is 22.4 Å². The van der Waals surface area contributed by atoms with Crippen molar-refractivity contribution in [2.45, 2.75) is 20.5 Å². The Morgan fingerprint density at radius 3 is 2.42 bits per heavy atom. The van der Waals surface area contributed by atoms with Crippen molar-refractivity contribution in [2.24, 2.45) is 5.73 Å². The van der Waals surface area contributed by atoms with Gasteiger partial charge in [0.2, 0.25) is 0 Å². The molecule has 0 bridgehead atoms. The van der Waals surface area contributed by atoms with Gasteiger partial charge in [0.25, 0.3) is 0 Å². The van der Waals surface area contributed by atoms with E-state index in [1.165, 1.54) is 5.56 Å². The van der Waals surface area contributed by atoms with Crippen LogP contribution in [0.25, 0.3) is 0 Å². The van der Waals surface area contributed by atoms with Crippen LogP contribution in [0.4, 0.5) is 0 Å². The van der Waals surface area contributed by atoms with Gasteiger partial charge in [-0.05, 0) is 36.6 Å². The van der Waals surface area contributed by atoms with Gasteiger partial charge in [0, 0.05) is 5.56 Å². The Labute approximate surface area is 119 Å². The molecule has 0 aliphatic carbocycles. The summed E-state index contributed by atoms with van der Waals surface area (Å²) in [6.07, 6.45) is 0. The number of ether oxygens (including phenoxy) is 1. The highest BCUT2D eigenvalue weighted by Crippen LogP contribution is 2.20. The maximum atomic E-state index is 5.84. The molecule has 0 spiro atoms.